The monoisotopic (exact) mass is 415 g/mol. The highest BCUT2D eigenvalue weighted by atomic mass is 32.1. The number of rotatable bonds is 8. The van der Waals surface area contributed by atoms with E-state index in [0.717, 1.165) is 62.1 Å². The molecule has 0 aliphatic carbocycles. The number of aliphatic hydroxyl groups is 1. The van der Waals surface area contributed by atoms with Gasteiger partial charge >= 0.3 is 0 Å². The van der Waals surface area contributed by atoms with Crippen LogP contribution >= 0.6 is 11.3 Å². The van der Waals surface area contributed by atoms with Crippen molar-refractivity contribution in [3.63, 3.8) is 0 Å². The number of nitrogens with zero attached hydrogens (tertiary/aromatic N) is 3. The highest BCUT2D eigenvalue weighted by molar-refractivity contribution is 7.09. The van der Waals surface area contributed by atoms with E-state index in [9.17, 15) is 5.11 Å². The Kier molecular flexibility index (Phi) is 8.31. The quantitative estimate of drug-likeness (QED) is 0.457. The van der Waals surface area contributed by atoms with Crippen molar-refractivity contribution < 1.29 is 5.11 Å². The second kappa shape index (κ2) is 11.2. The molecule has 3 rings (SSSR count). The third-order valence-electron chi connectivity index (χ3n) is 5.28. The standard InChI is InChI=1S/C22H33N5OS/c1-3-23-22(24-11-8-20-16-29-17(2)26-20)25-14-18-4-6-21(7-5-18)27-12-9-19(15-28)10-13-27/h4-7,16,19,28H,3,8-15H2,1-2H3,(H2,23,24,25). The summed E-state index contributed by atoms with van der Waals surface area (Å²) in [6.45, 7) is 8.78. The molecular formula is C22H33N5OS. The van der Waals surface area contributed by atoms with Crippen LogP contribution in [0.15, 0.2) is 34.6 Å². The molecule has 1 aromatic heterocycles. The topological polar surface area (TPSA) is 72.8 Å². The van der Waals surface area contributed by atoms with Crippen LogP contribution in [0.2, 0.25) is 0 Å². The minimum Gasteiger partial charge on any atom is -0.396 e. The predicted molar refractivity (Wildman–Crippen MR) is 122 cm³/mol. The minimum atomic E-state index is 0.316. The van der Waals surface area contributed by atoms with Gasteiger partial charge in [-0.05, 0) is 50.3 Å². The first-order valence-corrected chi connectivity index (χ1v) is 11.4. The number of benzene rings is 1. The number of aryl methyl sites for hydroxylation is 1. The van der Waals surface area contributed by atoms with Crippen LogP contribution < -0.4 is 15.5 Å². The van der Waals surface area contributed by atoms with Gasteiger partial charge in [0, 0.05) is 50.3 Å². The van der Waals surface area contributed by atoms with Crippen LogP contribution in [0.25, 0.3) is 0 Å². The number of piperidine rings is 1. The zero-order valence-electron chi connectivity index (χ0n) is 17.5. The molecule has 0 saturated carbocycles. The lowest BCUT2D eigenvalue weighted by Crippen LogP contribution is -2.38. The van der Waals surface area contributed by atoms with Gasteiger partial charge in [-0.25, -0.2) is 9.98 Å². The first-order chi connectivity index (χ1) is 14.2. The zero-order valence-corrected chi connectivity index (χ0v) is 18.3. The fraction of sp³-hybridized carbons (Fsp3) is 0.545. The molecule has 0 radical (unpaired) electrons. The van der Waals surface area contributed by atoms with Crippen molar-refractivity contribution >= 4 is 23.0 Å². The Morgan fingerprint density at radius 2 is 2.00 bits per heavy atom. The lowest BCUT2D eigenvalue weighted by Gasteiger charge is -2.32. The summed E-state index contributed by atoms with van der Waals surface area (Å²) in [7, 11) is 0. The molecule has 7 heteroatoms. The molecule has 0 amide bonds. The van der Waals surface area contributed by atoms with E-state index in [1.54, 1.807) is 11.3 Å². The van der Waals surface area contributed by atoms with Crippen LogP contribution in [-0.4, -0.2) is 48.8 Å². The van der Waals surface area contributed by atoms with E-state index < -0.39 is 0 Å². The number of nitrogens with one attached hydrogen (secondary N) is 2. The second-order valence-corrected chi connectivity index (χ2v) is 8.57. The molecule has 3 N–H and O–H groups in total. The molecule has 0 atom stereocenters. The highest BCUT2D eigenvalue weighted by Crippen LogP contribution is 2.23. The summed E-state index contributed by atoms with van der Waals surface area (Å²) < 4.78 is 0. The van der Waals surface area contributed by atoms with Crippen molar-refractivity contribution in [2.75, 3.05) is 37.7 Å². The van der Waals surface area contributed by atoms with Crippen LogP contribution in [0.4, 0.5) is 5.69 Å². The van der Waals surface area contributed by atoms with Crippen molar-refractivity contribution in [1.29, 1.82) is 0 Å². The molecule has 0 bridgehead atoms. The third-order valence-corrected chi connectivity index (χ3v) is 6.10. The maximum Gasteiger partial charge on any atom is 0.191 e. The van der Waals surface area contributed by atoms with Gasteiger partial charge in [0.2, 0.25) is 0 Å². The molecule has 1 fully saturated rings. The Morgan fingerprint density at radius 3 is 2.62 bits per heavy atom. The molecule has 29 heavy (non-hydrogen) atoms. The molecule has 1 saturated heterocycles. The van der Waals surface area contributed by atoms with Gasteiger partial charge in [0.15, 0.2) is 5.96 Å². The van der Waals surface area contributed by atoms with Gasteiger partial charge in [0.05, 0.1) is 17.2 Å². The van der Waals surface area contributed by atoms with E-state index >= 15 is 0 Å². The number of anilines is 1. The molecule has 1 aromatic carbocycles. The van der Waals surface area contributed by atoms with Gasteiger partial charge < -0.3 is 20.6 Å². The summed E-state index contributed by atoms with van der Waals surface area (Å²) in [5.74, 6) is 1.31. The molecule has 158 valence electrons. The lowest BCUT2D eigenvalue weighted by atomic mass is 9.97. The van der Waals surface area contributed by atoms with Crippen molar-refractivity contribution in [3.05, 3.63) is 45.9 Å². The summed E-state index contributed by atoms with van der Waals surface area (Å²) in [6, 6.07) is 8.71. The fourth-order valence-corrected chi connectivity index (χ4v) is 4.18. The molecular weight excluding hydrogens is 382 g/mol. The maximum atomic E-state index is 9.30. The maximum absolute atomic E-state index is 9.30. The van der Waals surface area contributed by atoms with Crippen LogP contribution in [-0.2, 0) is 13.0 Å². The molecule has 2 aromatic rings. The fourth-order valence-electron chi connectivity index (χ4n) is 3.53. The largest absolute Gasteiger partial charge is 0.396 e. The minimum absolute atomic E-state index is 0.316. The molecule has 0 spiro atoms. The van der Waals surface area contributed by atoms with Crippen LogP contribution in [0.1, 0.15) is 36.0 Å². The Morgan fingerprint density at radius 1 is 1.24 bits per heavy atom. The Balaban J connectivity index is 1.49. The summed E-state index contributed by atoms with van der Waals surface area (Å²) >= 11 is 1.69. The summed E-state index contributed by atoms with van der Waals surface area (Å²) in [5, 5.41) is 19.2. The van der Waals surface area contributed by atoms with Crippen molar-refractivity contribution in [2.24, 2.45) is 10.9 Å². The average molecular weight is 416 g/mol. The number of aliphatic imine (C=N–C) groups is 1. The van der Waals surface area contributed by atoms with Crippen LogP contribution in [0.3, 0.4) is 0 Å². The molecule has 2 heterocycles. The zero-order chi connectivity index (χ0) is 20.5. The van der Waals surface area contributed by atoms with Crippen molar-refractivity contribution in [1.82, 2.24) is 15.6 Å². The van der Waals surface area contributed by atoms with Gasteiger partial charge in [0.25, 0.3) is 0 Å². The first-order valence-electron chi connectivity index (χ1n) is 10.6. The number of guanidine groups is 1. The number of hydrogen-bond donors (Lipinski definition) is 3. The normalized spacial score (nSPS) is 15.6. The van der Waals surface area contributed by atoms with Crippen molar-refractivity contribution in [3.8, 4) is 0 Å². The summed E-state index contributed by atoms with van der Waals surface area (Å²) in [4.78, 5) is 11.6. The average Bonchev–Trinajstić information content (AvgIpc) is 3.17. The van der Waals surface area contributed by atoms with E-state index in [1.165, 1.54) is 11.3 Å². The summed E-state index contributed by atoms with van der Waals surface area (Å²) in [5.41, 5.74) is 3.60. The van der Waals surface area contributed by atoms with Gasteiger partial charge in [-0.1, -0.05) is 12.1 Å². The Hall–Kier alpha value is -2.12. The molecule has 0 unspecified atom stereocenters. The number of aromatic nitrogens is 1. The van der Waals surface area contributed by atoms with E-state index in [0.29, 0.717) is 19.1 Å². The smallest absolute Gasteiger partial charge is 0.191 e. The van der Waals surface area contributed by atoms with Gasteiger partial charge in [0.1, 0.15) is 0 Å². The van der Waals surface area contributed by atoms with Crippen LogP contribution in [0, 0.1) is 12.8 Å². The lowest BCUT2D eigenvalue weighted by molar-refractivity contribution is 0.203. The Labute approximate surface area is 178 Å². The number of hydrogen-bond acceptors (Lipinski definition) is 5. The van der Waals surface area contributed by atoms with Gasteiger partial charge in [-0.15, -0.1) is 11.3 Å². The third kappa shape index (κ3) is 6.72. The molecule has 6 nitrogen and oxygen atoms in total. The summed E-state index contributed by atoms with van der Waals surface area (Å²) in [6.07, 6.45) is 3.04. The van der Waals surface area contributed by atoms with E-state index in [-0.39, 0.29) is 0 Å². The Bertz CT molecular complexity index is 766. The first kappa shape index (κ1) is 21.6. The molecule has 1 aliphatic rings. The number of aliphatic hydroxyl groups excluding tert-OH is 1. The molecule has 1 aliphatic heterocycles. The van der Waals surface area contributed by atoms with E-state index in [4.69, 9.17) is 4.99 Å². The SMILES string of the molecule is CCNC(=NCc1ccc(N2CCC(CO)CC2)cc1)NCCc1csc(C)n1. The highest BCUT2D eigenvalue weighted by Gasteiger charge is 2.18. The number of thiazole rings is 1. The van der Waals surface area contributed by atoms with Gasteiger partial charge in [-0.2, -0.15) is 0 Å². The van der Waals surface area contributed by atoms with Crippen molar-refractivity contribution in [2.45, 2.75) is 39.7 Å². The predicted octanol–water partition coefficient (Wildman–Crippen LogP) is 2.96. The van der Waals surface area contributed by atoms with E-state index in [2.05, 4.69) is 57.1 Å². The van der Waals surface area contributed by atoms with Gasteiger partial charge in [-0.3, -0.25) is 0 Å². The second-order valence-electron chi connectivity index (χ2n) is 7.51. The van der Waals surface area contributed by atoms with E-state index in [1.807, 2.05) is 6.92 Å². The van der Waals surface area contributed by atoms with Crippen LogP contribution in [0.5, 0.6) is 0 Å².